The van der Waals surface area contributed by atoms with Crippen molar-refractivity contribution in [1.29, 1.82) is 0 Å². The fourth-order valence-electron chi connectivity index (χ4n) is 1.80. The maximum atomic E-state index is 10.9. The molecule has 2 atom stereocenters. The molecule has 0 amide bonds. The Bertz CT molecular complexity index is 419. The molecule has 2 rings (SSSR count). The lowest BCUT2D eigenvalue weighted by atomic mass is 10.2. The van der Waals surface area contributed by atoms with Crippen molar-refractivity contribution in [2.75, 3.05) is 5.75 Å². The number of rotatable bonds is 4. The molecule has 0 spiro atoms. The van der Waals surface area contributed by atoms with Crippen molar-refractivity contribution in [2.24, 2.45) is 0 Å². The van der Waals surface area contributed by atoms with Gasteiger partial charge in [-0.1, -0.05) is 11.8 Å². The topological polar surface area (TPSA) is 59.4 Å². The summed E-state index contributed by atoms with van der Waals surface area (Å²) in [4.78, 5) is 15.5. The number of carbonyl (C=O) groups is 1. The number of hydrogen-bond donors (Lipinski definition) is 1. The third-order valence-electron chi connectivity index (χ3n) is 2.68. The molecule has 4 nitrogen and oxygen atoms in total. The lowest BCUT2D eigenvalue weighted by Crippen LogP contribution is -2.10. The second-order valence-electron chi connectivity index (χ2n) is 4.16. The zero-order valence-electron chi connectivity index (χ0n) is 9.80. The molecule has 94 valence electrons. The van der Waals surface area contributed by atoms with Crippen molar-refractivity contribution >= 4 is 29.1 Å². The van der Waals surface area contributed by atoms with E-state index >= 15 is 0 Å². The molecule has 0 aromatic carbocycles. The highest BCUT2D eigenvalue weighted by Crippen LogP contribution is 2.30. The van der Waals surface area contributed by atoms with Crippen molar-refractivity contribution in [1.82, 2.24) is 4.98 Å². The summed E-state index contributed by atoms with van der Waals surface area (Å²) >= 11 is 2.84. The van der Waals surface area contributed by atoms with E-state index in [1.165, 1.54) is 11.3 Å². The van der Waals surface area contributed by atoms with E-state index in [1.807, 2.05) is 0 Å². The molecule has 1 saturated heterocycles. The summed E-state index contributed by atoms with van der Waals surface area (Å²) in [5.41, 5.74) is 0.603. The van der Waals surface area contributed by atoms with Gasteiger partial charge in [-0.15, -0.1) is 11.3 Å². The van der Waals surface area contributed by atoms with Gasteiger partial charge in [-0.25, -0.2) is 9.78 Å². The van der Waals surface area contributed by atoms with Crippen LogP contribution >= 0.6 is 23.1 Å². The quantitative estimate of drug-likeness (QED) is 0.855. The van der Waals surface area contributed by atoms with E-state index in [1.54, 1.807) is 18.7 Å². The minimum Gasteiger partial charge on any atom is -0.477 e. The van der Waals surface area contributed by atoms with Crippen LogP contribution < -0.4 is 0 Å². The predicted molar refractivity (Wildman–Crippen MR) is 68.1 cm³/mol. The smallest absolute Gasteiger partial charge is 0.347 e. The average molecular weight is 273 g/mol. The standard InChI is InChI=1S/C11H15NO3S2/c1-6-3-4-8(15-6)5-16-11-12-7(2)9(17-11)10(13)14/h6,8H,3-5H2,1-2H3,(H,13,14). The molecule has 0 saturated carbocycles. The van der Waals surface area contributed by atoms with Crippen LogP contribution in [0.4, 0.5) is 0 Å². The lowest BCUT2D eigenvalue weighted by molar-refractivity contribution is 0.0695. The minimum absolute atomic E-state index is 0.285. The number of thioether (sulfide) groups is 1. The van der Waals surface area contributed by atoms with Gasteiger partial charge < -0.3 is 9.84 Å². The number of nitrogens with zero attached hydrogens (tertiary/aromatic N) is 1. The zero-order valence-corrected chi connectivity index (χ0v) is 11.4. The van der Waals surface area contributed by atoms with E-state index in [9.17, 15) is 4.79 Å². The van der Waals surface area contributed by atoms with Gasteiger partial charge in [-0.05, 0) is 26.7 Å². The summed E-state index contributed by atoms with van der Waals surface area (Å²) in [5.74, 6) is -0.0336. The van der Waals surface area contributed by atoms with Crippen LogP contribution in [0.15, 0.2) is 4.34 Å². The summed E-state index contributed by atoms with van der Waals surface area (Å²) in [5, 5.41) is 8.93. The molecule has 17 heavy (non-hydrogen) atoms. The molecular formula is C11H15NO3S2. The number of carboxylic acids is 1. The lowest BCUT2D eigenvalue weighted by Gasteiger charge is -2.08. The number of carboxylic acid groups (broad SMARTS) is 1. The normalized spacial score (nSPS) is 24.1. The summed E-state index contributed by atoms with van der Waals surface area (Å²) in [6, 6.07) is 0. The van der Waals surface area contributed by atoms with Crippen LogP contribution in [0.25, 0.3) is 0 Å². The maximum Gasteiger partial charge on any atom is 0.347 e. The molecule has 2 heterocycles. The van der Waals surface area contributed by atoms with E-state index < -0.39 is 5.97 Å². The first kappa shape index (κ1) is 12.9. The SMILES string of the molecule is Cc1nc(SCC2CCC(C)O2)sc1C(=O)O. The van der Waals surface area contributed by atoms with E-state index in [-0.39, 0.29) is 6.10 Å². The Labute approximate surface area is 108 Å². The van der Waals surface area contributed by atoms with Crippen LogP contribution in [0.1, 0.15) is 35.1 Å². The predicted octanol–water partition coefficient (Wildman–Crippen LogP) is 2.81. The number of aromatic nitrogens is 1. The Morgan fingerprint density at radius 3 is 2.94 bits per heavy atom. The van der Waals surface area contributed by atoms with Crippen molar-refractivity contribution in [3.63, 3.8) is 0 Å². The van der Waals surface area contributed by atoms with Gasteiger partial charge in [0.25, 0.3) is 0 Å². The van der Waals surface area contributed by atoms with Crippen LogP contribution in [0.2, 0.25) is 0 Å². The summed E-state index contributed by atoms with van der Waals surface area (Å²) in [6.45, 7) is 3.82. The molecule has 1 aromatic heterocycles. The molecule has 0 aliphatic carbocycles. The summed E-state index contributed by atoms with van der Waals surface area (Å²) in [7, 11) is 0. The van der Waals surface area contributed by atoms with Crippen molar-refractivity contribution in [3.05, 3.63) is 10.6 Å². The van der Waals surface area contributed by atoms with Crippen LogP contribution in [0, 0.1) is 6.92 Å². The first-order valence-corrected chi connectivity index (χ1v) is 7.35. The van der Waals surface area contributed by atoms with E-state index in [2.05, 4.69) is 11.9 Å². The van der Waals surface area contributed by atoms with Crippen molar-refractivity contribution in [2.45, 2.75) is 43.2 Å². The third kappa shape index (κ3) is 3.20. The van der Waals surface area contributed by atoms with Gasteiger partial charge in [-0.3, -0.25) is 0 Å². The first-order chi connectivity index (χ1) is 8.06. The molecule has 2 unspecified atom stereocenters. The molecule has 6 heteroatoms. The largest absolute Gasteiger partial charge is 0.477 e. The van der Waals surface area contributed by atoms with Gasteiger partial charge in [0.2, 0.25) is 0 Å². The van der Waals surface area contributed by atoms with Crippen molar-refractivity contribution < 1.29 is 14.6 Å². The summed E-state index contributed by atoms with van der Waals surface area (Å²) in [6.07, 6.45) is 2.84. The number of ether oxygens (including phenoxy) is 1. The van der Waals surface area contributed by atoms with Crippen molar-refractivity contribution in [3.8, 4) is 0 Å². The zero-order chi connectivity index (χ0) is 12.4. The molecule has 1 fully saturated rings. The highest BCUT2D eigenvalue weighted by Gasteiger charge is 2.22. The molecule has 1 N–H and O–H groups in total. The van der Waals surface area contributed by atoms with E-state index in [4.69, 9.17) is 9.84 Å². The van der Waals surface area contributed by atoms with Crippen LogP contribution in [-0.2, 0) is 4.74 Å². The van der Waals surface area contributed by atoms with E-state index in [0.29, 0.717) is 16.7 Å². The Morgan fingerprint density at radius 1 is 1.65 bits per heavy atom. The van der Waals surface area contributed by atoms with Crippen LogP contribution in [0.3, 0.4) is 0 Å². The monoisotopic (exact) mass is 273 g/mol. The Balaban J connectivity index is 1.91. The molecular weight excluding hydrogens is 258 g/mol. The van der Waals surface area contributed by atoms with Crippen LogP contribution in [-0.4, -0.2) is 34.0 Å². The average Bonchev–Trinajstić information content (AvgIpc) is 2.82. The van der Waals surface area contributed by atoms with Gasteiger partial charge in [0.1, 0.15) is 4.88 Å². The molecule has 1 aliphatic heterocycles. The van der Waals surface area contributed by atoms with Gasteiger partial charge >= 0.3 is 5.97 Å². The summed E-state index contributed by atoms with van der Waals surface area (Å²) < 4.78 is 6.53. The number of hydrogen-bond acceptors (Lipinski definition) is 5. The highest BCUT2D eigenvalue weighted by atomic mass is 32.2. The first-order valence-electron chi connectivity index (χ1n) is 5.55. The van der Waals surface area contributed by atoms with Gasteiger partial charge in [0, 0.05) is 5.75 Å². The fourth-order valence-corrected chi connectivity index (χ4v) is 3.91. The van der Waals surface area contributed by atoms with E-state index in [0.717, 1.165) is 22.9 Å². The van der Waals surface area contributed by atoms with Gasteiger partial charge in [-0.2, -0.15) is 0 Å². The fraction of sp³-hybridized carbons (Fsp3) is 0.636. The number of aryl methyl sites for hydroxylation is 1. The second-order valence-corrected chi connectivity index (χ2v) is 6.42. The third-order valence-corrected chi connectivity index (χ3v) is 5.10. The number of aromatic carboxylic acids is 1. The Hall–Kier alpha value is -0.590. The van der Waals surface area contributed by atoms with Gasteiger partial charge in [0.05, 0.1) is 17.9 Å². The molecule has 0 bridgehead atoms. The second kappa shape index (κ2) is 5.37. The highest BCUT2D eigenvalue weighted by molar-refractivity contribution is 8.01. The Morgan fingerprint density at radius 2 is 2.41 bits per heavy atom. The molecule has 1 aromatic rings. The molecule has 0 radical (unpaired) electrons. The van der Waals surface area contributed by atoms with Crippen LogP contribution in [0.5, 0.6) is 0 Å². The molecule has 1 aliphatic rings. The minimum atomic E-state index is -0.891. The Kier molecular flexibility index (Phi) is 4.06. The maximum absolute atomic E-state index is 10.9. The number of thiazole rings is 1. The van der Waals surface area contributed by atoms with Gasteiger partial charge in [0.15, 0.2) is 4.34 Å².